The lowest BCUT2D eigenvalue weighted by Gasteiger charge is -2.03. The Balaban J connectivity index is 2.15. The van der Waals surface area contributed by atoms with Gasteiger partial charge in [-0.3, -0.25) is 4.68 Å². The molecule has 0 unspecified atom stereocenters. The van der Waals surface area contributed by atoms with Crippen molar-refractivity contribution in [2.24, 2.45) is 5.73 Å². The number of ether oxygens (including phenoxy) is 1. The van der Waals surface area contributed by atoms with Crippen LogP contribution in [0.25, 0.3) is 11.1 Å². The molecule has 0 aliphatic heterocycles. The molecule has 0 aliphatic carbocycles. The molecule has 0 atom stereocenters. The number of benzene rings is 1. The predicted molar refractivity (Wildman–Crippen MR) is 67.9 cm³/mol. The summed E-state index contributed by atoms with van der Waals surface area (Å²) in [6.07, 6.45) is 3.86. The Kier molecular flexibility index (Phi) is 3.77. The van der Waals surface area contributed by atoms with Crippen LogP contribution in [0.15, 0.2) is 36.7 Å². The number of nitrogens with zero attached hydrogens (tertiary/aromatic N) is 2. The molecule has 1 heterocycles. The van der Waals surface area contributed by atoms with Crippen molar-refractivity contribution in [2.45, 2.75) is 13.5 Å². The predicted octanol–water partition coefficient (Wildman–Crippen LogP) is 1.91. The standard InChI is InChI=1S/C13H17N3O/c1-2-17-13-5-3-11(4-6-13)12-9-15-16(10-12)8-7-14/h3-6,9-10H,2,7-8,14H2,1H3. The van der Waals surface area contributed by atoms with Gasteiger partial charge in [-0.25, -0.2) is 0 Å². The maximum Gasteiger partial charge on any atom is 0.119 e. The van der Waals surface area contributed by atoms with Gasteiger partial charge in [0.1, 0.15) is 5.75 Å². The summed E-state index contributed by atoms with van der Waals surface area (Å²) in [5, 5.41) is 4.25. The molecule has 17 heavy (non-hydrogen) atoms. The molecule has 2 aromatic rings. The van der Waals surface area contributed by atoms with Crippen LogP contribution in [0.2, 0.25) is 0 Å². The number of rotatable bonds is 5. The summed E-state index contributed by atoms with van der Waals surface area (Å²) in [7, 11) is 0. The highest BCUT2D eigenvalue weighted by atomic mass is 16.5. The van der Waals surface area contributed by atoms with E-state index in [2.05, 4.69) is 5.10 Å². The summed E-state index contributed by atoms with van der Waals surface area (Å²) in [4.78, 5) is 0. The maximum atomic E-state index is 5.48. The van der Waals surface area contributed by atoms with Crippen molar-refractivity contribution in [3.63, 3.8) is 0 Å². The molecule has 4 nitrogen and oxygen atoms in total. The molecule has 0 saturated carbocycles. The van der Waals surface area contributed by atoms with Crippen LogP contribution in [-0.4, -0.2) is 22.9 Å². The van der Waals surface area contributed by atoms with Gasteiger partial charge in [0.15, 0.2) is 0 Å². The summed E-state index contributed by atoms with van der Waals surface area (Å²) < 4.78 is 7.26. The van der Waals surface area contributed by atoms with Gasteiger partial charge in [0, 0.05) is 18.3 Å². The van der Waals surface area contributed by atoms with Gasteiger partial charge in [0.05, 0.1) is 19.3 Å². The SMILES string of the molecule is CCOc1ccc(-c2cnn(CCN)c2)cc1. The van der Waals surface area contributed by atoms with Crippen LogP contribution in [0, 0.1) is 0 Å². The Bertz CT molecular complexity index is 462. The van der Waals surface area contributed by atoms with Crippen LogP contribution in [0.1, 0.15) is 6.92 Å². The van der Waals surface area contributed by atoms with Crippen LogP contribution >= 0.6 is 0 Å². The highest BCUT2D eigenvalue weighted by molar-refractivity contribution is 5.62. The van der Waals surface area contributed by atoms with Gasteiger partial charge in [-0.15, -0.1) is 0 Å². The highest BCUT2D eigenvalue weighted by Crippen LogP contribution is 2.21. The molecule has 0 spiro atoms. The number of nitrogens with two attached hydrogens (primary N) is 1. The third-order valence-corrected chi connectivity index (χ3v) is 2.49. The van der Waals surface area contributed by atoms with Crippen LogP contribution < -0.4 is 10.5 Å². The van der Waals surface area contributed by atoms with Crippen LogP contribution in [0.5, 0.6) is 5.75 Å². The fraction of sp³-hybridized carbons (Fsp3) is 0.308. The van der Waals surface area contributed by atoms with E-state index in [0.29, 0.717) is 13.2 Å². The first-order valence-corrected chi connectivity index (χ1v) is 5.79. The molecule has 0 aliphatic rings. The normalized spacial score (nSPS) is 10.5. The first-order valence-electron chi connectivity index (χ1n) is 5.79. The first kappa shape index (κ1) is 11.7. The van der Waals surface area contributed by atoms with E-state index in [-0.39, 0.29) is 0 Å². The minimum absolute atomic E-state index is 0.602. The molecular formula is C13H17N3O. The third kappa shape index (κ3) is 2.85. The quantitative estimate of drug-likeness (QED) is 0.855. The second-order valence-electron chi connectivity index (χ2n) is 3.74. The monoisotopic (exact) mass is 231 g/mol. The Labute approximate surface area is 101 Å². The molecule has 1 aromatic carbocycles. The molecule has 90 valence electrons. The van der Waals surface area contributed by atoms with Gasteiger partial charge in [-0.1, -0.05) is 12.1 Å². The Morgan fingerprint density at radius 1 is 1.24 bits per heavy atom. The largest absolute Gasteiger partial charge is 0.494 e. The zero-order valence-corrected chi connectivity index (χ0v) is 9.97. The molecule has 1 aromatic heterocycles. The van der Waals surface area contributed by atoms with Crippen molar-refractivity contribution < 1.29 is 4.74 Å². The summed E-state index contributed by atoms with van der Waals surface area (Å²) in [6, 6.07) is 8.02. The molecule has 0 fully saturated rings. The smallest absolute Gasteiger partial charge is 0.119 e. The van der Waals surface area contributed by atoms with Gasteiger partial charge < -0.3 is 10.5 Å². The van der Waals surface area contributed by atoms with Crippen molar-refractivity contribution in [3.05, 3.63) is 36.7 Å². The average Bonchev–Trinajstić information content (AvgIpc) is 2.80. The van der Waals surface area contributed by atoms with Gasteiger partial charge in [-0.05, 0) is 24.6 Å². The van der Waals surface area contributed by atoms with E-state index < -0.39 is 0 Å². The molecule has 4 heteroatoms. The fourth-order valence-corrected chi connectivity index (χ4v) is 1.68. The molecule has 2 rings (SSSR count). The zero-order chi connectivity index (χ0) is 12.1. The lowest BCUT2D eigenvalue weighted by atomic mass is 10.1. The van der Waals surface area contributed by atoms with E-state index >= 15 is 0 Å². The maximum absolute atomic E-state index is 5.48. The summed E-state index contributed by atoms with van der Waals surface area (Å²) in [5.41, 5.74) is 7.72. The van der Waals surface area contributed by atoms with Gasteiger partial charge in [0.2, 0.25) is 0 Å². The molecule has 0 amide bonds. The lowest BCUT2D eigenvalue weighted by molar-refractivity contribution is 0.340. The fourth-order valence-electron chi connectivity index (χ4n) is 1.68. The van der Waals surface area contributed by atoms with E-state index in [0.717, 1.165) is 23.4 Å². The minimum atomic E-state index is 0.602. The Morgan fingerprint density at radius 3 is 2.65 bits per heavy atom. The van der Waals surface area contributed by atoms with Crippen LogP contribution in [0.4, 0.5) is 0 Å². The van der Waals surface area contributed by atoms with Crippen molar-refractivity contribution in [1.82, 2.24) is 9.78 Å². The minimum Gasteiger partial charge on any atom is -0.494 e. The van der Waals surface area contributed by atoms with E-state index in [1.807, 2.05) is 48.3 Å². The Morgan fingerprint density at radius 2 is 2.00 bits per heavy atom. The topological polar surface area (TPSA) is 53.1 Å². The average molecular weight is 231 g/mol. The lowest BCUT2D eigenvalue weighted by Crippen LogP contribution is -2.09. The van der Waals surface area contributed by atoms with Crippen molar-refractivity contribution >= 4 is 0 Å². The van der Waals surface area contributed by atoms with Gasteiger partial charge in [0.25, 0.3) is 0 Å². The van der Waals surface area contributed by atoms with Crippen molar-refractivity contribution in [3.8, 4) is 16.9 Å². The van der Waals surface area contributed by atoms with Crippen LogP contribution in [0.3, 0.4) is 0 Å². The van der Waals surface area contributed by atoms with E-state index in [1.165, 1.54) is 0 Å². The second-order valence-corrected chi connectivity index (χ2v) is 3.74. The molecule has 0 bridgehead atoms. The summed E-state index contributed by atoms with van der Waals surface area (Å²) in [6.45, 7) is 4.01. The van der Waals surface area contributed by atoms with E-state index in [1.54, 1.807) is 0 Å². The molecule has 0 radical (unpaired) electrons. The van der Waals surface area contributed by atoms with Crippen LogP contribution in [-0.2, 0) is 6.54 Å². The van der Waals surface area contributed by atoms with E-state index in [9.17, 15) is 0 Å². The molecule has 2 N–H and O–H groups in total. The summed E-state index contributed by atoms with van der Waals surface area (Å²) >= 11 is 0. The number of hydrogen-bond acceptors (Lipinski definition) is 3. The summed E-state index contributed by atoms with van der Waals surface area (Å²) in [5.74, 6) is 0.894. The number of hydrogen-bond donors (Lipinski definition) is 1. The third-order valence-electron chi connectivity index (χ3n) is 2.49. The molecular weight excluding hydrogens is 214 g/mol. The highest BCUT2D eigenvalue weighted by Gasteiger charge is 2.01. The van der Waals surface area contributed by atoms with Gasteiger partial charge >= 0.3 is 0 Å². The van der Waals surface area contributed by atoms with Crippen molar-refractivity contribution in [1.29, 1.82) is 0 Å². The van der Waals surface area contributed by atoms with E-state index in [4.69, 9.17) is 10.5 Å². The zero-order valence-electron chi connectivity index (χ0n) is 9.97. The number of aromatic nitrogens is 2. The molecule has 0 saturated heterocycles. The second kappa shape index (κ2) is 5.50. The van der Waals surface area contributed by atoms with Gasteiger partial charge in [-0.2, -0.15) is 5.10 Å². The Hall–Kier alpha value is -1.81. The first-order chi connectivity index (χ1) is 8.33. The van der Waals surface area contributed by atoms with Crippen molar-refractivity contribution in [2.75, 3.05) is 13.2 Å².